The Hall–Kier alpha value is -1.50. The summed E-state index contributed by atoms with van der Waals surface area (Å²) >= 11 is 0. The van der Waals surface area contributed by atoms with Crippen LogP contribution in [-0.4, -0.2) is 49.7 Å². The molecule has 0 aromatic heterocycles. The summed E-state index contributed by atoms with van der Waals surface area (Å²) in [6.45, 7) is 21.1. The number of alkyl carbamates (subject to hydrolysis) is 1. The van der Waals surface area contributed by atoms with Gasteiger partial charge in [0.15, 0.2) is 0 Å². The first-order chi connectivity index (χ1) is 21.9. The second-order valence-electron chi connectivity index (χ2n) is 17.6. The molecule has 262 valence electrons. The highest BCUT2D eigenvalue weighted by Gasteiger charge is 2.71. The third-order valence-electron chi connectivity index (χ3n) is 15.6. The number of amides is 2. The van der Waals surface area contributed by atoms with E-state index in [4.69, 9.17) is 4.74 Å². The van der Waals surface area contributed by atoms with E-state index in [-0.39, 0.29) is 34.7 Å². The van der Waals surface area contributed by atoms with Crippen LogP contribution in [0.4, 0.5) is 4.79 Å². The van der Waals surface area contributed by atoms with Crippen molar-refractivity contribution in [3.05, 3.63) is 4.91 Å². The van der Waals surface area contributed by atoms with Crippen LogP contribution >= 0.6 is 0 Å². The highest BCUT2D eigenvalue weighted by molar-refractivity contribution is 5.84. The molecule has 1 N–H and O–H groups in total. The molecule has 5 rings (SSSR count). The Labute approximate surface area is 280 Å². The average molecular weight is 642 g/mol. The number of carbonyl (C=O) groups is 2. The van der Waals surface area contributed by atoms with Gasteiger partial charge in [-0.25, -0.2) is 4.79 Å². The Kier molecular flexibility index (Phi) is 11.0. The first kappa shape index (κ1) is 35.8. The monoisotopic (exact) mass is 642 g/mol. The van der Waals surface area contributed by atoms with E-state index in [9.17, 15) is 14.5 Å². The molecule has 5 saturated carbocycles. The molecule has 11 atom stereocenters. The molecule has 0 aromatic carbocycles. The molecule has 0 spiro atoms. The minimum absolute atomic E-state index is 0.127. The van der Waals surface area contributed by atoms with Crippen LogP contribution in [0.2, 0.25) is 0 Å². The Morgan fingerprint density at radius 3 is 2.33 bits per heavy atom. The van der Waals surface area contributed by atoms with Crippen molar-refractivity contribution >= 4 is 12.0 Å². The first-order valence-corrected chi connectivity index (χ1v) is 19.4. The number of ether oxygens (including phenoxy) is 1. The van der Waals surface area contributed by atoms with Gasteiger partial charge in [0.1, 0.15) is 0 Å². The zero-order valence-electron chi connectivity index (χ0n) is 30.5. The molecule has 2 amide bonds. The summed E-state index contributed by atoms with van der Waals surface area (Å²) in [5.41, 5.74) is 0.130. The maximum atomic E-state index is 13.5. The number of fused-ring (bicyclic) bond motifs is 7. The third kappa shape index (κ3) is 5.99. The van der Waals surface area contributed by atoms with Gasteiger partial charge in [0, 0.05) is 11.7 Å². The zero-order chi connectivity index (χ0) is 33.3. The van der Waals surface area contributed by atoms with Gasteiger partial charge in [-0.15, -0.1) is 4.91 Å². The largest absolute Gasteiger partial charge is 0.449 e. The summed E-state index contributed by atoms with van der Waals surface area (Å²) in [6.07, 6.45) is 15.4. The van der Waals surface area contributed by atoms with Gasteiger partial charge in [-0.3, -0.25) is 4.79 Å². The smallest absolute Gasteiger partial charge is 0.407 e. The molecule has 0 radical (unpaired) electrons. The second kappa shape index (κ2) is 14.2. The Morgan fingerprint density at radius 2 is 1.63 bits per heavy atom. The van der Waals surface area contributed by atoms with Crippen LogP contribution in [0.15, 0.2) is 5.18 Å². The van der Waals surface area contributed by atoms with Crippen LogP contribution in [0.25, 0.3) is 0 Å². The van der Waals surface area contributed by atoms with E-state index in [0.717, 1.165) is 88.8 Å². The van der Waals surface area contributed by atoms with E-state index in [0.29, 0.717) is 24.5 Å². The van der Waals surface area contributed by atoms with Crippen LogP contribution < -0.4 is 5.32 Å². The van der Waals surface area contributed by atoms with Crippen molar-refractivity contribution in [3.63, 3.8) is 0 Å². The van der Waals surface area contributed by atoms with E-state index in [1.54, 1.807) is 0 Å². The van der Waals surface area contributed by atoms with Crippen molar-refractivity contribution in [2.24, 2.45) is 68.3 Å². The van der Waals surface area contributed by atoms with Crippen molar-refractivity contribution in [2.75, 3.05) is 32.8 Å². The van der Waals surface area contributed by atoms with Crippen molar-refractivity contribution in [3.8, 4) is 0 Å². The first-order valence-electron chi connectivity index (χ1n) is 19.4. The van der Waals surface area contributed by atoms with Crippen LogP contribution in [0.1, 0.15) is 138 Å². The molecule has 7 heteroatoms. The van der Waals surface area contributed by atoms with Gasteiger partial charge in [0.2, 0.25) is 0 Å². The van der Waals surface area contributed by atoms with Crippen molar-refractivity contribution in [1.29, 1.82) is 0 Å². The number of hydrogen-bond donors (Lipinski definition) is 1. The molecule has 5 fully saturated rings. The second-order valence-corrected chi connectivity index (χ2v) is 17.6. The van der Waals surface area contributed by atoms with Gasteiger partial charge < -0.3 is 15.0 Å². The fraction of sp³-hybridized carbons (Fsp3) is 0.949. The van der Waals surface area contributed by atoms with Gasteiger partial charge in [-0.1, -0.05) is 61.3 Å². The lowest BCUT2D eigenvalue weighted by molar-refractivity contribution is -0.229. The zero-order valence-corrected chi connectivity index (χ0v) is 30.5. The predicted molar refractivity (Wildman–Crippen MR) is 185 cm³/mol. The summed E-state index contributed by atoms with van der Waals surface area (Å²) < 4.78 is 5.83. The van der Waals surface area contributed by atoms with Crippen LogP contribution in [0.5, 0.6) is 0 Å². The topological polar surface area (TPSA) is 88.1 Å². The molecule has 7 nitrogen and oxygen atoms in total. The predicted octanol–water partition coefficient (Wildman–Crippen LogP) is 9.24. The fourth-order valence-electron chi connectivity index (χ4n) is 13.3. The van der Waals surface area contributed by atoms with Crippen molar-refractivity contribution in [2.45, 2.75) is 138 Å². The minimum Gasteiger partial charge on any atom is -0.449 e. The number of nitroso groups, excluding NO2 is 1. The summed E-state index contributed by atoms with van der Waals surface area (Å²) in [4.78, 5) is 40.7. The van der Waals surface area contributed by atoms with Crippen molar-refractivity contribution in [1.82, 2.24) is 10.2 Å². The normalized spacial score (nSPS) is 42.3. The lowest BCUT2D eigenvalue weighted by Gasteiger charge is -2.71. The van der Waals surface area contributed by atoms with Gasteiger partial charge in [-0.2, -0.15) is 0 Å². The van der Waals surface area contributed by atoms with Gasteiger partial charge >= 0.3 is 6.09 Å². The summed E-state index contributed by atoms with van der Waals surface area (Å²) in [5, 5.41) is 6.11. The van der Waals surface area contributed by atoms with Gasteiger partial charge in [0.25, 0.3) is 5.91 Å². The van der Waals surface area contributed by atoms with Crippen LogP contribution in [0.3, 0.4) is 0 Å². The van der Waals surface area contributed by atoms with Gasteiger partial charge in [-0.05, 0) is 154 Å². The molecule has 0 aromatic rings. The molecule has 46 heavy (non-hydrogen) atoms. The number of hydrogen-bond acceptors (Lipinski definition) is 5. The Morgan fingerprint density at radius 1 is 0.891 bits per heavy atom. The van der Waals surface area contributed by atoms with E-state index in [2.05, 4.69) is 63.9 Å². The van der Waals surface area contributed by atoms with E-state index < -0.39 is 11.3 Å². The number of rotatable bonds is 12. The maximum absolute atomic E-state index is 13.5. The number of nitrogens with one attached hydrogen (secondary N) is 1. The number of nitrogens with zero attached hydrogens (tertiary/aromatic N) is 2. The van der Waals surface area contributed by atoms with E-state index in [1.165, 1.54) is 38.5 Å². The Balaban J connectivity index is 1.29. The molecule has 10 unspecified atom stereocenters. The standard InChI is InChI=1S/C39H67N3O4/c1-8-23-42(24-9-2)25-11-22-40-35(44)46-26-28(4)29-15-19-39(34(43)41-45)21-20-37(6)31(33(29)39)13-14-32-36(5)17-10-12-27(3)30(36)16-18-38(32,37)7/h27-33H,8-26H2,1-7H3,(H,40,44)/t27?,28?,29?,30?,31?,32?,33?,36?,37-,38?,39?/m1/s1. The minimum atomic E-state index is -0.639. The fourth-order valence-corrected chi connectivity index (χ4v) is 13.3. The van der Waals surface area contributed by atoms with Crippen LogP contribution in [0, 0.1) is 68.0 Å². The highest BCUT2D eigenvalue weighted by atomic mass is 16.5. The summed E-state index contributed by atoms with van der Waals surface area (Å²) in [6, 6.07) is 0. The molecule has 0 bridgehead atoms. The van der Waals surface area contributed by atoms with Crippen LogP contribution in [-0.2, 0) is 9.53 Å². The maximum Gasteiger partial charge on any atom is 0.407 e. The van der Waals surface area contributed by atoms with Crippen molar-refractivity contribution < 1.29 is 14.3 Å². The number of carbonyl (C=O) groups excluding carboxylic acids is 2. The molecule has 0 heterocycles. The lowest BCUT2D eigenvalue weighted by atomic mass is 9.33. The molecule has 5 aliphatic carbocycles. The molecular weight excluding hydrogens is 574 g/mol. The molecule has 5 aliphatic rings. The van der Waals surface area contributed by atoms with E-state index in [1.807, 2.05) is 0 Å². The quantitative estimate of drug-likeness (QED) is 0.170. The Bertz CT molecular complexity index is 1090. The average Bonchev–Trinajstić information content (AvgIpc) is 3.43. The highest BCUT2D eigenvalue weighted by Crippen LogP contribution is 2.77. The summed E-state index contributed by atoms with van der Waals surface area (Å²) in [7, 11) is 0. The summed E-state index contributed by atoms with van der Waals surface area (Å²) in [5.74, 6) is 2.87. The lowest BCUT2D eigenvalue weighted by Crippen LogP contribution is -2.65. The third-order valence-corrected chi connectivity index (χ3v) is 15.6. The molecular formula is C39H67N3O4. The SMILES string of the molecule is CCCN(CCC)CCCNC(=O)OCC(C)C1CCC2(C(=O)N=O)CC[C@]3(C)C(CCC4C5(C)CCCC(C)C5CCC43C)C12. The molecule has 0 aliphatic heterocycles. The van der Waals surface area contributed by atoms with Gasteiger partial charge in [0.05, 0.1) is 12.0 Å². The van der Waals surface area contributed by atoms with E-state index >= 15 is 0 Å². The molecule has 0 saturated heterocycles.